The highest BCUT2D eigenvalue weighted by Gasteiger charge is 2.07. The van der Waals surface area contributed by atoms with E-state index in [2.05, 4.69) is 4.74 Å². The fourth-order valence-corrected chi connectivity index (χ4v) is 1.26. The largest absolute Gasteiger partial charge is 0.465 e. The smallest absolute Gasteiger partial charge is 0.337 e. The first-order valence-corrected chi connectivity index (χ1v) is 4.76. The van der Waals surface area contributed by atoms with Crippen LogP contribution in [-0.4, -0.2) is 22.9 Å². The van der Waals surface area contributed by atoms with E-state index in [1.54, 1.807) is 0 Å². The Kier molecular flexibility index (Phi) is 3.37. The van der Waals surface area contributed by atoms with Crippen molar-refractivity contribution in [3.63, 3.8) is 0 Å². The minimum absolute atomic E-state index is 0.392. The highest BCUT2D eigenvalue weighted by atomic mass is 31.2. The molecule has 0 saturated carbocycles. The van der Waals surface area contributed by atoms with Crippen molar-refractivity contribution in [2.75, 3.05) is 7.11 Å². The van der Waals surface area contributed by atoms with Crippen molar-refractivity contribution in [2.24, 2.45) is 0 Å². The van der Waals surface area contributed by atoms with Gasteiger partial charge in [0.1, 0.15) is 0 Å². The molecule has 0 heterocycles. The van der Waals surface area contributed by atoms with Crippen molar-refractivity contribution < 1.29 is 19.3 Å². The van der Waals surface area contributed by atoms with Crippen LogP contribution in [0.2, 0.25) is 0 Å². The molecular weight excluding hydrogens is 191 g/mol. The number of carbonyl (C=O) groups excluding carboxylic acids is 1. The summed E-state index contributed by atoms with van der Waals surface area (Å²) in [7, 11) is -0.791. The normalized spacial score (nSPS) is 10.2. The average Bonchev–Trinajstić information content (AvgIpc) is 2.17. The summed E-state index contributed by atoms with van der Waals surface area (Å²) in [5.74, 6) is -0.438. The summed E-state index contributed by atoms with van der Waals surface area (Å²) >= 11 is 0. The lowest BCUT2D eigenvalue weighted by Crippen LogP contribution is -2.04. The summed E-state index contributed by atoms with van der Waals surface area (Å²) in [5, 5.41) is 0.405. The second-order valence-electron chi connectivity index (χ2n) is 2.33. The van der Waals surface area contributed by atoms with Gasteiger partial charge in [0.15, 0.2) is 8.38 Å². The van der Waals surface area contributed by atoms with E-state index in [4.69, 9.17) is 9.79 Å². The highest BCUT2D eigenvalue weighted by Crippen LogP contribution is 2.21. The van der Waals surface area contributed by atoms with E-state index in [1.165, 1.54) is 31.4 Å². The van der Waals surface area contributed by atoms with Crippen LogP contribution in [0, 0.1) is 0 Å². The summed E-state index contributed by atoms with van der Waals surface area (Å²) in [4.78, 5) is 28.6. The molecule has 0 aromatic heterocycles. The number of methoxy groups -OCH3 is 1. The topological polar surface area (TPSA) is 66.8 Å². The van der Waals surface area contributed by atoms with Gasteiger partial charge in [-0.05, 0) is 24.3 Å². The van der Waals surface area contributed by atoms with Crippen molar-refractivity contribution in [1.82, 2.24) is 0 Å². The number of benzene rings is 1. The fraction of sp³-hybridized carbons (Fsp3) is 0.125. The fourth-order valence-electron chi connectivity index (χ4n) is 0.849. The first-order valence-electron chi connectivity index (χ1n) is 3.51. The van der Waals surface area contributed by atoms with Crippen LogP contribution < -0.4 is 5.30 Å². The molecule has 5 heteroatoms. The summed E-state index contributed by atoms with van der Waals surface area (Å²) < 4.78 is 4.48. The van der Waals surface area contributed by atoms with Crippen molar-refractivity contribution in [3.05, 3.63) is 29.8 Å². The van der Waals surface area contributed by atoms with E-state index in [1.807, 2.05) is 0 Å². The molecule has 4 nitrogen and oxygen atoms in total. The van der Waals surface area contributed by atoms with E-state index in [-0.39, 0.29) is 0 Å². The van der Waals surface area contributed by atoms with Crippen LogP contribution in [0.25, 0.3) is 0 Å². The van der Waals surface area contributed by atoms with Gasteiger partial charge in [-0.1, -0.05) is 0 Å². The van der Waals surface area contributed by atoms with Gasteiger partial charge in [0.2, 0.25) is 0 Å². The molecule has 0 aliphatic rings. The molecule has 0 aliphatic carbocycles. The molecule has 0 aliphatic heterocycles. The molecule has 70 valence electrons. The monoisotopic (exact) mass is 200 g/mol. The van der Waals surface area contributed by atoms with Gasteiger partial charge in [-0.25, -0.2) is 4.79 Å². The molecule has 0 amide bonds. The number of carbonyl (C=O) groups is 1. The van der Waals surface area contributed by atoms with Gasteiger partial charge < -0.3 is 14.5 Å². The second kappa shape index (κ2) is 4.33. The third-order valence-electron chi connectivity index (χ3n) is 1.52. The maximum Gasteiger partial charge on any atom is 0.337 e. The molecule has 0 bridgehead atoms. The Hall–Kier alpha value is -0.960. The van der Waals surface area contributed by atoms with Gasteiger partial charge in [0, 0.05) is 5.30 Å². The predicted molar refractivity (Wildman–Crippen MR) is 48.8 cm³/mol. The predicted octanol–water partition coefficient (Wildman–Crippen LogP) is 0.395. The zero-order chi connectivity index (χ0) is 9.84. The van der Waals surface area contributed by atoms with Gasteiger partial charge in [-0.15, -0.1) is 0 Å². The van der Waals surface area contributed by atoms with Gasteiger partial charge in [0.25, 0.3) is 0 Å². The molecule has 0 spiro atoms. The first kappa shape index (κ1) is 10.1. The summed E-state index contributed by atoms with van der Waals surface area (Å²) in [6.07, 6.45) is 0. The van der Waals surface area contributed by atoms with Crippen LogP contribution >= 0.6 is 8.38 Å². The maximum atomic E-state index is 11.0. The number of hydrogen-bond donors (Lipinski definition) is 2. The maximum absolute atomic E-state index is 11.0. The van der Waals surface area contributed by atoms with Crippen molar-refractivity contribution in [3.8, 4) is 0 Å². The van der Waals surface area contributed by atoms with E-state index in [0.717, 1.165) is 0 Å². The Bertz CT molecular complexity index is 294. The highest BCUT2D eigenvalue weighted by molar-refractivity contribution is 7.54. The summed E-state index contributed by atoms with van der Waals surface area (Å²) in [6.45, 7) is 0. The van der Waals surface area contributed by atoms with Gasteiger partial charge in [0.05, 0.1) is 12.7 Å². The van der Waals surface area contributed by atoms with E-state index >= 15 is 0 Å². The molecule has 0 saturated heterocycles. The van der Waals surface area contributed by atoms with Crippen molar-refractivity contribution in [2.45, 2.75) is 0 Å². The lowest BCUT2D eigenvalue weighted by atomic mass is 10.2. The van der Waals surface area contributed by atoms with E-state index < -0.39 is 14.3 Å². The van der Waals surface area contributed by atoms with Crippen LogP contribution in [-0.2, 0) is 4.74 Å². The molecule has 0 fully saturated rings. The minimum atomic E-state index is -2.08. The molecule has 0 unspecified atom stereocenters. The standard InChI is InChI=1S/C8H9O4P/c1-12-8(9)6-2-4-7(5-3-6)13(10)11/h2-5,10-11H,1H3. The minimum Gasteiger partial charge on any atom is -0.465 e. The van der Waals surface area contributed by atoms with Crippen LogP contribution in [0.5, 0.6) is 0 Å². The number of hydrogen-bond acceptors (Lipinski definition) is 4. The zero-order valence-electron chi connectivity index (χ0n) is 6.97. The Morgan fingerprint density at radius 3 is 2.23 bits per heavy atom. The van der Waals surface area contributed by atoms with Crippen LogP contribution in [0.3, 0.4) is 0 Å². The molecule has 0 radical (unpaired) electrons. The molecular formula is C8H9O4P. The third kappa shape index (κ3) is 2.49. The van der Waals surface area contributed by atoms with E-state index in [9.17, 15) is 4.79 Å². The molecule has 0 atom stereocenters. The summed E-state index contributed by atoms with van der Waals surface area (Å²) in [6, 6.07) is 5.95. The Balaban J connectivity index is 2.87. The average molecular weight is 200 g/mol. The molecule has 1 aromatic rings. The van der Waals surface area contributed by atoms with Crippen molar-refractivity contribution >= 4 is 19.6 Å². The summed E-state index contributed by atoms with van der Waals surface area (Å²) in [5.41, 5.74) is 0.392. The Morgan fingerprint density at radius 2 is 1.85 bits per heavy atom. The quantitative estimate of drug-likeness (QED) is 0.535. The van der Waals surface area contributed by atoms with Crippen LogP contribution in [0.15, 0.2) is 24.3 Å². The molecule has 2 N–H and O–H groups in total. The molecule has 1 rings (SSSR count). The SMILES string of the molecule is COC(=O)c1ccc(P(O)O)cc1. The van der Waals surface area contributed by atoms with Gasteiger partial charge in [-0.2, -0.15) is 0 Å². The number of ether oxygens (including phenoxy) is 1. The second-order valence-corrected chi connectivity index (χ2v) is 3.42. The first-order chi connectivity index (χ1) is 6.15. The van der Waals surface area contributed by atoms with Crippen LogP contribution in [0.4, 0.5) is 0 Å². The van der Waals surface area contributed by atoms with Gasteiger partial charge in [-0.3, -0.25) is 0 Å². The van der Waals surface area contributed by atoms with Crippen LogP contribution in [0.1, 0.15) is 10.4 Å². The Labute approximate surface area is 76.7 Å². The zero-order valence-corrected chi connectivity index (χ0v) is 7.86. The number of rotatable bonds is 2. The lowest BCUT2D eigenvalue weighted by molar-refractivity contribution is 0.0601. The molecule has 13 heavy (non-hydrogen) atoms. The number of esters is 1. The molecule has 1 aromatic carbocycles. The third-order valence-corrected chi connectivity index (χ3v) is 2.28. The lowest BCUT2D eigenvalue weighted by Gasteiger charge is -2.02. The van der Waals surface area contributed by atoms with Gasteiger partial charge >= 0.3 is 5.97 Å². The van der Waals surface area contributed by atoms with E-state index in [0.29, 0.717) is 10.9 Å². The Morgan fingerprint density at radius 1 is 1.31 bits per heavy atom. The van der Waals surface area contributed by atoms with Crippen molar-refractivity contribution in [1.29, 1.82) is 0 Å².